The molecule has 0 saturated heterocycles. The zero-order chi connectivity index (χ0) is 13.1. The monoisotopic (exact) mass is 332 g/mol. The third kappa shape index (κ3) is 2.67. The molecule has 0 atom stereocenters. The summed E-state index contributed by atoms with van der Waals surface area (Å²) in [4.78, 5) is 0. The second-order valence-corrected chi connectivity index (χ2v) is 5.76. The third-order valence-corrected chi connectivity index (χ3v) is 4.68. The van der Waals surface area contributed by atoms with E-state index in [-0.39, 0.29) is 0 Å². The minimum absolute atomic E-state index is 0.619. The molecule has 1 nitrogen and oxygen atoms in total. The Labute approximate surface area is 125 Å². The van der Waals surface area contributed by atoms with Crippen molar-refractivity contribution in [2.75, 3.05) is 0 Å². The summed E-state index contributed by atoms with van der Waals surface area (Å²) in [6.45, 7) is 0.619. The van der Waals surface area contributed by atoms with Crippen LogP contribution in [0.25, 0.3) is 10.1 Å². The lowest BCUT2D eigenvalue weighted by molar-refractivity contribution is 0.306. The van der Waals surface area contributed by atoms with E-state index in [1.165, 1.54) is 21.2 Å². The first-order chi connectivity index (χ1) is 9.38. The van der Waals surface area contributed by atoms with Gasteiger partial charge in [0.1, 0.15) is 12.4 Å². The van der Waals surface area contributed by atoms with Crippen LogP contribution in [0.2, 0.25) is 0 Å². The Morgan fingerprint density at radius 2 is 1.74 bits per heavy atom. The highest BCUT2D eigenvalue weighted by molar-refractivity contribution is 9.08. The van der Waals surface area contributed by atoms with Crippen molar-refractivity contribution in [3.05, 3.63) is 65.0 Å². The summed E-state index contributed by atoms with van der Waals surface area (Å²) in [5.74, 6) is 0.953. The molecule has 3 heteroatoms. The number of rotatable bonds is 4. The lowest BCUT2D eigenvalue weighted by Gasteiger charge is -2.09. The van der Waals surface area contributed by atoms with Gasteiger partial charge in [0.05, 0.1) is 0 Å². The molecule has 0 spiro atoms. The minimum Gasteiger partial charge on any atom is -0.489 e. The van der Waals surface area contributed by atoms with E-state index in [0.717, 1.165) is 11.1 Å². The number of hydrogen-bond donors (Lipinski definition) is 0. The van der Waals surface area contributed by atoms with Crippen LogP contribution in [0.4, 0.5) is 0 Å². The van der Waals surface area contributed by atoms with Crippen LogP contribution < -0.4 is 4.74 Å². The summed E-state index contributed by atoms with van der Waals surface area (Å²) in [5, 5.41) is 4.29. The Hall–Kier alpha value is -1.32. The van der Waals surface area contributed by atoms with E-state index >= 15 is 0 Å². The Morgan fingerprint density at radius 3 is 2.63 bits per heavy atom. The fraction of sp³-hybridized carbons (Fsp3) is 0.125. The van der Waals surface area contributed by atoms with Crippen molar-refractivity contribution in [2.45, 2.75) is 11.9 Å². The maximum atomic E-state index is 5.96. The van der Waals surface area contributed by atoms with Gasteiger partial charge in [-0.15, -0.1) is 11.3 Å². The van der Waals surface area contributed by atoms with Crippen molar-refractivity contribution in [1.29, 1.82) is 0 Å². The van der Waals surface area contributed by atoms with Crippen LogP contribution in [-0.4, -0.2) is 0 Å². The number of thiophene rings is 1. The summed E-state index contributed by atoms with van der Waals surface area (Å²) >= 11 is 5.26. The van der Waals surface area contributed by atoms with Gasteiger partial charge < -0.3 is 4.74 Å². The number of benzene rings is 2. The Bertz CT molecular complexity index is 690. The molecule has 1 heterocycles. The minimum atomic E-state index is 0.619. The standard InChI is InChI=1S/C16H13BrOS/c17-9-12-5-1-3-7-15(12)18-10-13-11-19-16-8-4-2-6-14(13)16/h1-8,11H,9-10H2. The molecular weight excluding hydrogens is 320 g/mol. The van der Waals surface area contributed by atoms with Crippen LogP contribution >= 0.6 is 27.3 Å². The second kappa shape index (κ2) is 5.76. The quantitative estimate of drug-likeness (QED) is 0.583. The van der Waals surface area contributed by atoms with Gasteiger partial charge in [-0.3, -0.25) is 0 Å². The van der Waals surface area contributed by atoms with Crippen molar-refractivity contribution in [3.8, 4) is 5.75 Å². The number of para-hydroxylation sites is 1. The SMILES string of the molecule is BrCc1ccccc1OCc1csc2ccccc12. The Morgan fingerprint density at radius 1 is 0.947 bits per heavy atom. The fourth-order valence-corrected chi connectivity index (χ4v) is 3.47. The molecule has 0 aliphatic rings. The molecule has 96 valence electrons. The van der Waals surface area contributed by atoms with Crippen molar-refractivity contribution in [3.63, 3.8) is 0 Å². The molecule has 0 aliphatic heterocycles. The van der Waals surface area contributed by atoms with Crippen LogP contribution in [0.1, 0.15) is 11.1 Å². The van der Waals surface area contributed by atoms with E-state index in [2.05, 4.69) is 51.6 Å². The van der Waals surface area contributed by atoms with E-state index in [4.69, 9.17) is 4.74 Å². The zero-order valence-corrected chi connectivity index (χ0v) is 12.7. The third-order valence-electron chi connectivity index (χ3n) is 3.06. The first kappa shape index (κ1) is 12.7. The lowest BCUT2D eigenvalue weighted by Crippen LogP contribution is -1.96. The van der Waals surface area contributed by atoms with E-state index in [1.54, 1.807) is 11.3 Å². The van der Waals surface area contributed by atoms with Crippen LogP contribution in [0.5, 0.6) is 5.75 Å². The molecule has 0 unspecified atom stereocenters. The number of halogens is 1. The molecule has 3 rings (SSSR count). The van der Waals surface area contributed by atoms with Gasteiger partial charge in [0.2, 0.25) is 0 Å². The molecule has 2 aromatic carbocycles. The molecule has 1 aromatic heterocycles. The predicted molar refractivity (Wildman–Crippen MR) is 85.2 cm³/mol. The summed E-state index contributed by atoms with van der Waals surface area (Å²) in [6, 6.07) is 16.6. The number of hydrogen-bond acceptors (Lipinski definition) is 2. The maximum Gasteiger partial charge on any atom is 0.123 e. The first-order valence-corrected chi connectivity index (χ1v) is 8.10. The van der Waals surface area contributed by atoms with Crippen LogP contribution in [-0.2, 0) is 11.9 Å². The number of ether oxygens (including phenoxy) is 1. The van der Waals surface area contributed by atoms with Crippen molar-refractivity contribution >= 4 is 37.4 Å². The van der Waals surface area contributed by atoms with E-state index in [9.17, 15) is 0 Å². The predicted octanol–water partition coefficient (Wildman–Crippen LogP) is 5.38. The van der Waals surface area contributed by atoms with Gasteiger partial charge >= 0.3 is 0 Å². The number of alkyl halides is 1. The van der Waals surface area contributed by atoms with Crippen LogP contribution in [0.3, 0.4) is 0 Å². The Balaban J connectivity index is 1.82. The van der Waals surface area contributed by atoms with Gasteiger partial charge in [-0.05, 0) is 22.9 Å². The van der Waals surface area contributed by atoms with Gasteiger partial charge in [-0.25, -0.2) is 0 Å². The molecule has 0 N–H and O–H groups in total. The molecule has 0 amide bonds. The molecule has 19 heavy (non-hydrogen) atoms. The largest absolute Gasteiger partial charge is 0.489 e. The molecule has 0 radical (unpaired) electrons. The molecule has 0 saturated carbocycles. The van der Waals surface area contributed by atoms with Gasteiger partial charge in [0.25, 0.3) is 0 Å². The van der Waals surface area contributed by atoms with Crippen molar-refractivity contribution < 1.29 is 4.74 Å². The highest BCUT2D eigenvalue weighted by atomic mass is 79.9. The summed E-state index contributed by atoms with van der Waals surface area (Å²) in [5.41, 5.74) is 2.44. The molecule has 0 fully saturated rings. The summed E-state index contributed by atoms with van der Waals surface area (Å²) in [7, 11) is 0. The molecular formula is C16H13BrOS. The van der Waals surface area contributed by atoms with Gasteiger partial charge in [0, 0.05) is 21.2 Å². The summed E-state index contributed by atoms with van der Waals surface area (Å²) in [6.07, 6.45) is 0. The van der Waals surface area contributed by atoms with Crippen LogP contribution in [0, 0.1) is 0 Å². The average molecular weight is 333 g/mol. The maximum absolute atomic E-state index is 5.96. The molecule has 0 aliphatic carbocycles. The van der Waals surface area contributed by atoms with Crippen molar-refractivity contribution in [2.24, 2.45) is 0 Å². The molecule has 0 bridgehead atoms. The normalized spacial score (nSPS) is 10.8. The van der Waals surface area contributed by atoms with E-state index in [0.29, 0.717) is 6.61 Å². The lowest BCUT2D eigenvalue weighted by atomic mass is 10.2. The van der Waals surface area contributed by atoms with E-state index < -0.39 is 0 Å². The first-order valence-electron chi connectivity index (χ1n) is 6.10. The van der Waals surface area contributed by atoms with Gasteiger partial charge in [-0.1, -0.05) is 52.3 Å². The van der Waals surface area contributed by atoms with Gasteiger partial charge in [-0.2, -0.15) is 0 Å². The van der Waals surface area contributed by atoms with Crippen LogP contribution in [0.15, 0.2) is 53.9 Å². The van der Waals surface area contributed by atoms with Crippen molar-refractivity contribution in [1.82, 2.24) is 0 Å². The van der Waals surface area contributed by atoms with E-state index in [1.807, 2.05) is 18.2 Å². The molecule has 3 aromatic rings. The smallest absolute Gasteiger partial charge is 0.123 e. The second-order valence-electron chi connectivity index (χ2n) is 4.29. The van der Waals surface area contributed by atoms with Gasteiger partial charge in [0.15, 0.2) is 0 Å². The highest BCUT2D eigenvalue weighted by Gasteiger charge is 2.06. The number of fused-ring (bicyclic) bond motifs is 1. The Kier molecular flexibility index (Phi) is 3.85. The highest BCUT2D eigenvalue weighted by Crippen LogP contribution is 2.28. The fourth-order valence-electron chi connectivity index (χ4n) is 2.06. The summed E-state index contributed by atoms with van der Waals surface area (Å²) < 4.78 is 7.27. The topological polar surface area (TPSA) is 9.23 Å². The zero-order valence-electron chi connectivity index (χ0n) is 10.3. The average Bonchev–Trinajstić information content (AvgIpc) is 2.89.